The van der Waals surface area contributed by atoms with Crippen LogP contribution in [0.5, 0.6) is 0 Å². The van der Waals surface area contributed by atoms with Gasteiger partial charge in [-0.05, 0) is 26.2 Å². The highest BCUT2D eigenvalue weighted by atomic mass is 16.5. The Morgan fingerprint density at radius 1 is 1.53 bits per heavy atom. The molecule has 0 bridgehead atoms. The van der Waals surface area contributed by atoms with Gasteiger partial charge in [-0.1, -0.05) is 13.3 Å². The van der Waals surface area contributed by atoms with Crippen LogP contribution in [0.2, 0.25) is 0 Å². The molecule has 2 atom stereocenters. The van der Waals surface area contributed by atoms with Crippen LogP contribution >= 0.6 is 0 Å². The van der Waals surface area contributed by atoms with Crippen molar-refractivity contribution >= 4 is 12.0 Å². The average Bonchev–Trinajstić information content (AvgIpc) is 2.36. The molecule has 1 aliphatic rings. The lowest BCUT2D eigenvalue weighted by Crippen LogP contribution is -2.49. The van der Waals surface area contributed by atoms with Crippen LogP contribution in [0.1, 0.15) is 39.5 Å². The number of carbonyl (C=O) groups excluding carboxylic acids is 2. The van der Waals surface area contributed by atoms with Gasteiger partial charge in [0.05, 0.1) is 6.61 Å². The van der Waals surface area contributed by atoms with Crippen molar-refractivity contribution < 1.29 is 14.3 Å². The predicted molar refractivity (Wildman–Crippen MR) is 63.2 cm³/mol. The van der Waals surface area contributed by atoms with Crippen LogP contribution in [0.25, 0.3) is 0 Å². The molecule has 0 aliphatic carbocycles. The molecular formula is C12H20N2O3. The number of nitrogens with zero attached hydrogens (tertiary/aromatic N) is 2. The Kier molecular flexibility index (Phi) is 5.87. The van der Waals surface area contributed by atoms with E-state index in [0.717, 1.165) is 32.2 Å². The second kappa shape index (κ2) is 7.20. The fourth-order valence-corrected chi connectivity index (χ4v) is 2.31. The molecule has 0 spiro atoms. The number of likely N-dealkylation sites (tertiary alicyclic amines) is 1. The number of hydrogen-bond donors (Lipinski definition) is 0. The minimum Gasteiger partial charge on any atom is -0.463 e. The van der Waals surface area contributed by atoms with E-state index in [9.17, 15) is 9.59 Å². The minimum atomic E-state index is -0.808. The van der Waals surface area contributed by atoms with Crippen molar-refractivity contribution in [2.45, 2.75) is 51.7 Å². The highest BCUT2D eigenvalue weighted by Gasteiger charge is 2.33. The van der Waals surface area contributed by atoms with Crippen molar-refractivity contribution in [3.05, 3.63) is 0 Å². The van der Waals surface area contributed by atoms with Gasteiger partial charge in [-0.25, -0.2) is 9.59 Å². The van der Waals surface area contributed by atoms with Crippen molar-refractivity contribution in [1.82, 2.24) is 4.90 Å². The molecule has 1 fully saturated rings. The van der Waals surface area contributed by atoms with Crippen LogP contribution in [-0.2, 0) is 14.3 Å². The van der Waals surface area contributed by atoms with Crippen LogP contribution in [-0.4, -0.2) is 42.3 Å². The Bertz CT molecular complexity index is 300. The van der Waals surface area contributed by atoms with Gasteiger partial charge >= 0.3 is 5.97 Å². The van der Waals surface area contributed by atoms with Gasteiger partial charge in [0.2, 0.25) is 12.2 Å². The Labute approximate surface area is 102 Å². The summed E-state index contributed by atoms with van der Waals surface area (Å²) in [6, 6.07) is 0.301. The highest BCUT2D eigenvalue weighted by molar-refractivity contribution is 5.76. The number of carbonyl (C=O) groups is 1. The van der Waals surface area contributed by atoms with Crippen LogP contribution in [0, 0.1) is 0 Å². The predicted octanol–water partition coefficient (Wildman–Crippen LogP) is 1.48. The number of rotatable bonds is 5. The molecule has 1 rings (SSSR count). The standard InChI is InChI=1S/C12H20N2O3/c1-3-10-7-5-6-8-14(10)11(13-9-15)12(16)17-4-2/h10-11H,3-8H2,1-2H3. The zero-order valence-electron chi connectivity index (χ0n) is 10.5. The van der Waals surface area contributed by atoms with Gasteiger partial charge in [0, 0.05) is 12.6 Å². The molecular weight excluding hydrogens is 220 g/mol. The smallest absolute Gasteiger partial charge is 0.347 e. The molecule has 17 heavy (non-hydrogen) atoms. The zero-order valence-corrected chi connectivity index (χ0v) is 10.5. The second-order valence-electron chi connectivity index (χ2n) is 4.14. The third-order valence-corrected chi connectivity index (χ3v) is 3.13. The summed E-state index contributed by atoms with van der Waals surface area (Å²) in [7, 11) is 0. The maximum absolute atomic E-state index is 11.8. The van der Waals surface area contributed by atoms with E-state index >= 15 is 0 Å². The van der Waals surface area contributed by atoms with Gasteiger partial charge in [-0.2, -0.15) is 4.99 Å². The summed E-state index contributed by atoms with van der Waals surface area (Å²) in [5.41, 5.74) is 0. The molecule has 1 saturated heterocycles. The summed E-state index contributed by atoms with van der Waals surface area (Å²) in [5.74, 6) is -0.448. The molecule has 0 aromatic heterocycles. The first-order valence-electron chi connectivity index (χ1n) is 6.23. The topological polar surface area (TPSA) is 59.0 Å². The fourth-order valence-electron chi connectivity index (χ4n) is 2.31. The van der Waals surface area contributed by atoms with E-state index in [4.69, 9.17) is 4.74 Å². The highest BCUT2D eigenvalue weighted by Crippen LogP contribution is 2.22. The molecule has 1 heterocycles. The lowest BCUT2D eigenvalue weighted by Gasteiger charge is -2.37. The average molecular weight is 240 g/mol. The summed E-state index contributed by atoms with van der Waals surface area (Å²) >= 11 is 0. The molecule has 0 radical (unpaired) electrons. The fraction of sp³-hybridized carbons (Fsp3) is 0.833. The number of piperidine rings is 1. The van der Waals surface area contributed by atoms with Crippen LogP contribution < -0.4 is 0 Å². The first-order chi connectivity index (χ1) is 8.24. The zero-order chi connectivity index (χ0) is 12.7. The van der Waals surface area contributed by atoms with E-state index in [1.165, 1.54) is 6.08 Å². The monoisotopic (exact) mass is 240 g/mol. The normalized spacial score (nSPS) is 22.6. The molecule has 5 heteroatoms. The second-order valence-corrected chi connectivity index (χ2v) is 4.14. The van der Waals surface area contributed by atoms with E-state index in [1.54, 1.807) is 6.92 Å². The van der Waals surface area contributed by atoms with E-state index < -0.39 is 12.1 Å². The third kappa shape index (κ3) is 3.65. The molecule has 1 aliphatic heterocycles. The van der Waals surface area contributed by atoms with Crippen molar-refractivity contribution in [3.8, 4) is 0 Å². The molecule has 5 nitrogen and oxygen atoms in total. The third-order valence-electron chi connectivity index (χ3n) is 3.13. The van der Waals surface area contributed by atoms with Crippen LogP contribution in [0.4, 0.5) is 0 Å². The molecule has 2 unspecified atom stereocenters. The quantitative estimate of drug-likeness (QED) is 0.415. The van der Waals surface area contributed by atoms with Gasteiger partial charge in [0.25, 0.3) is 0 Å². The molecule has 96 valence electrons. The molecule has 0 amide bonds. The Balaban J connectivity index is 2.80. The molecule has 0 aromatic rings. The number of ether oxygens (including phenoxy) is 1. The summed E-state index contributed by atoms with van der Waals surface area (Å²) < 4.78 is 4.95. The Morgan fingerprint density at radius 3 is 2.88 bits per heavy atom. The first-order valence-corrected chi connectivity index (χ1v) is 6.23. The summed E-state index contributed by atoms with van der Waals surface area (Å²) in [4.78, 5) is 27.8. The van der Waals surface area contributed by atoms with E-state index in [2.05, 4.69) is 11.9 Å². The summed E-state index contributed by atoms with van der Waals surface area (Å²) in [6.45, 7) is 4.91. The Morgan fingerprint density at radius 2 is 2.29 bits per heavy atom. The molecule has 0 saturated carbocycles. The Hall–Kier alpha value is -1.19. The lowest BCUT2D eigenvalue weighted by atomic mass is 9.99. The lowest BCUT2D eigenvalue weighted by molar-refractivity contribution is -0.151. The van der Waals surface area contributed by atoms with Crippen molar-refractivity contribution in [2.24, 2.45) is 4.99 Å². The summed E-state index contributed by atoms with van der Waals surface area (Å²) in [6.07, 6.45) is 4.86. The van der Waals surface area contributed by atoms with Gasteiger partial charge in [0.15, 0.2) is 0 Å². The van der Waals surface area contributed by atoms with Gasteiger partial charge in [0.1, 0.15) is 0 Å². The maximum Gasteiger partial charge on any atom is 0.347 e. The number of esters is 1. The summed E-state index contributed by atoms with van der Waals surface area (Å²) in [5, 5.41) is 0. The van der Waals surface area contributed by atoms with E-state index in [1.807, 2.05) is 4.90 Å². The largest absolute Gasteiger partial charge is 0.463 e. The number of isocyanates is 1. The SMILES string of the molecule is CCOC(=O)C(N=C=O)N1CCCCC1CC. The van der Waals surface area contributed by atoms with Gasteiger partial charge < -0.3 is 4.74 Å². The molecule has 0 N–H and O–H groups in total. The van der Waals surface area contributed by atoms with Crippen molar-refractivity contribution in [1.29, 1.82) is 0 Å². The van der Waals surface area contributed by atoms with E-state index in [0.29, 0.717) is 12.6 Å². The number of aliphatic imine (C=N–C) groups is 1. The molecule has 0 aromatic carbocycles. The van der Waals surface area contributed by atoms with Gasteiger partial charge in [-0.15, -0.1) is 0 Å². The van der Waals surface area contributed by atoms with Gasteiger partial charge in [-0.3, -0.25) is 4.90 Å². The van der Waals surface area contributed by atoms with Crippen LogP contribution in [0.15, 0.2) is 4.99 Å². The van der Waals surface area contributed by atoms with Crippen molar-refractivity contribution in [3.63, 3.8) is 0 Å². The van der Waals surface area contributed by atoms with Crippen molar-refractivity contribution in [2.75, 3.05) is 13.2 Å². The number of hydrogen-bond acceptors (Lipinski definition) is 5. The first kappa shape index (κ1) is 13.9. The van der Waals surface area contributed by atoms with Crippen LogP contribution in [0.3, 0.4) is 0 Å². The maximum atomic E-state index is 11.8. The van der Waals surface area contributed by atoms with E-state index in [-0.39, 0.29) is 0 Å². The minimum absolute atomic E-state index is 0.300.